The second kappa shape index (κ2) is 7.70. The summed E-state index contributed by atoms with van der Waals surface area (Å²) in [5.41, 5.74) is 2.69. The monoisotopic (exact) mass is 477 g/mol. The molecule has 8 heteroatoms. The fraction of sp³-hybridized carbons (Fsp3) is 0.444. The van der Waals surface area contributed by atoms with Gasteiger partial charge in [-0.25, -0.2) is 14.2 Å². The summed E-state index contributed by atoms with van der Waals surface area (Å²) < 4.78 is 21.4. The van der Waals surface area contributed by atoms with E-state index < -0.39 is 11.6 Å². The number of nitrogens with zero attached hydrogens (tertiary/aromatic N) is 3. The van der Waals surface area contributed by atoms with Crippen molar-refractivity contribution in [3.8, 4) is 11.4 Å². The first-order valence-electron chi connectivity index (χ1n) is 12.2. The Balaban J connectivity index is 1.57. The van der Waals surface area contributed by atoms with Crippen LogP contribution in [0.5, 0.6) is 0 Å². The Hall–Kier alpha value is -3.10. The minimum atomic E-state index is -1.87. The molecule has 0 amide bonds. The highest BCUT2D eigenvalue weighted by atomic mass is 19.1. The third-order valence-electron chi connectivity index (χ3n) is 7.97. The minimum absolute atomic E-state index is 0.0863. The highest BCUT2D eigenvalue weighted by Crippen LogP contribution is 2.40. The molecule has 6 rings (SSSR count). The fourth-order valence-corrected chi connectivity index (χ4v) is 5.56. The lowest BCUT2D eigenvalue weighted by molar-refractivity contribution is -0.172. The van der Waals surface area contributed by atoms with E-state index in [4.69, 9.17) is 9.72 Å². The number of aromatic nitrogens is 2. The first-order valence-corrected chi connectivity index (χ1v) is 12.2. The number of esters is 1. The molecule has 0 spiro atoms. The smallest absolute Gasteiger partial charge is 0.343 e. The highest BCUT2D eigenvalue weighted by Gasteiger charge is 2.45. The molecule has 3 aliphatic rings. The maximum atomic E-state index is 14.5. The number of benzene rings is 1. The summed E-state index contributed by atoms with van der Waals surface area (Å²) >= 11 is 0. The minimum Gasteiger partial charge on any atom is -0.458 e. The summed E-state index contributed by atoms with van der Waals surface area (Å²) in [6.07, 6.45) is 3.26. The first-order chi connectivity index (χ1) is 16.7. The predicted octanol–water partition coefficient (Wildman–Crippen LogP) is 3.16. The summed E-state index contributed by atoms with van der Waals surface area (Å²) in [5.74, 6) is -1.07. The van der Waals surface area contributed by atoms with Crippen molar-refractivity contribution in [2.75, 3.05) is 13.6 Å². The molecule has 2 aromatic heterocycles. The number of fused-ring (bicyclic) bond motifs is 5. The molecule has 1 atom stereocenters. The number of cyclic esters (lactones) is 1. The van der Waals surface area contributed by atoms with Gasteiger partial charge in [0.2, 0.25) is 0 Å². The zero-order valence-electron chi connectivity index (χ0n) is 20.2. The lowest BCUT2D eigenvalue weighted by Gasteiger charge is -2.31. The average molecular weight is 478 g/mol. The quantitative estimate of drug-likeness (QED) is 0.445. The van der Waals surface area contributed by atoms with Crippen molar-refractivity contribution < 1.29 is 19.0 Å². The number of carbonyl (C=O) groups excluding carboxylic acids is 1. The van der Waals surface area contributed by atoms with Crippen molar-refractivity contribution >= 4 is 16.9 Å². The molecule has 3 aromatic rings. The van der Waals surface area contributed by atoms with Crippen LogP contribution in [0, 0.1) is 12.7 Å². The molecule has 7 nitrogen and oxygen atoms in total. The maximum absolute atomic E-state index is 14.5. The van der Waals surface area contributed by atoms with Gasteiger partial charge in [-0.3, -0.25) is 4.79 Å². The molecule has 0 radical (unpaired) electrons. The Morgan fingerprint density at radius 2 is 2.03 bits per heavy atom. The number of aliphatic hydroxyl groups is 1. The molecule has 1 fully saturated rings. The van der Waals surface area contributed by atoms with Crippen LogP contribution < -0.4 is 5.56 Å². The van der Waals surface area contributed by atoms with Crippen LogP contribution in [0.2, 0.25) is 0 Å². The summed E-state index contributed by atoms with van der Waals surface area (Å²) in [4.78, 5) is 33.1. The molecule has 2 aliphatic heterocycles. The van der Waals surface area contributed by atoms with Gasteiger partial charge < -0.3 is 19.3 Å². The van der Waals surface area contributed by atoms with Crippen LogP contribution in [0.15, 0.2) is 23.0 Å². The Morgan fingerprint density at radius 1 is 1.26 bits per heavy atom. The van der Waals surface area contributed by atoms with Crippen molar-refractivity contribution in [3.05, 3.63) is 62.2 Å². The SMILES string of the molecule is CC[C@@]1(O)C(=O)OCc2c1cc1n(c2=O)Cc2c-1nc1cc(F)c(C)cc1c2CCN(C)C1CC1. The number of aryl methyl sites for hydroxylation is 1. The van der Waals surface area contributed by atoms with E-state index in [0.29, 0.717) is 40.6 Å². The van der Waals surface area contributed by atoms with Gasteiger partial charge in [0.25, 0.3) is 5.56 Å². The fourth-order valence-electron chi connectivity index (χ4n) is 5.56. The van der Waals surface area contributed by atoms with Gasteiger partial charge >= 0.3 is 5.97 Å². The van der Waals surface area contributed by atoms with E-state index in [0.717, 1.165) is 29.5 Å². The molecule has 1 saturated carbocycles. The number of carbonyl (C=O) groups is 1. The van der Waals surface area contributed by atoms with E-state index in [2.05, 4.69) is 11.9 Å². The topological polar surface area (TPSA) is 84.7 Å². The van der Waals surface area contributed by atoms with Crippen molar-refractivity contribution in [2.24, 2.45) is 0 Å². The number of hydrogen-bond acceptors (Lipinski definition) is 6. The van der Waals surface area contributed by atoms with Crippen LogP contribution >= 0.6 is 0 Å². The molecule has 1 aliphatic carbocycles. The molecule has 1 aromatic carbocycles. The number of rotatable bonds is 5. The third-order valence-corrected chi connectivity index (χ3v) is 7.97. The summed E-state index contributed by atoms with van der Waals surface area (Å²) in [6.45, 7) is 4.46. The van der Waals surface area contributed by atoms with Gasteiger partial charge in [-0.15, -0.1) is 0 Å². The van der Waals surface area contributed by atoms with E-state index >= 15 is 0 Å². The van der Waals surface area contributed by atoms with Crippen molar-refractivity contribution in [1.82, 2.24) is 14.5 Å². The molecular weight excluding hydrogens is 449 g/mol. The Bertz CT molecular complexity index is 1480. The third kappa shape index (κ3) is 3.27. The van der Waals surface area contributed by atoms with Crippen LogP contribution in [0.4, 0.5) is 4.39 Å². The molecule has 4 heterocycles. The highest BCUT2D eigenvalue weighted by molar-refractivity contribution is 5.89. The van der Waals surface area contributed by atoms with Crippen molar-refractivity contribution in [3.63, 3.8) is 0 Å². The van der Waals surface area contributed by atoms with Gasteiger partial charge in [-0.05, 0) is 62.9 Å². The molecule has 1 N–H and O–H groups in total. The van der Waals surface area contributed by atoms with Crippen LogP contribution in [0.3, 0.4) is 0 Å². The normalized spacial score (nSPS) is 20.7. The molecule has 35 heavy (non-hydrogen) atoms. The second-order valence-corrected chi connectivity index (χ2v) is 10.1. The van der Waals surface area contributed by atoms with Gasteiger partial charge in [0.1, 0.15) is 12.4 Å². The van der Waals surface area contributed by atoms with Crippen LogP contribution in [-0.2, 0) is 34.7 Å². The lowest BCUT2D eigenvalue weighted by atomic mass is 9.86. The molecule has 0 bridgehead atoms. The Kier molecular flexibility index (Phi) is 4.92. The Morgan fingerprint density at radius 3 is 2.74 bits per heavy atom. The standard InChI is InChI=1S/C27H28FN3O4/c1-4-27(34)20-10-23-24-18(12-31(23)25(32)19(20)13-35-26(27)33)16(7-8-30(3)15-5-6-15)17-9-14(2)21(28)11-22(17)29-24/h9-11,15,34H,4-8,12-13H2,1-3H3/t27-/m0/s1. The molecule has 0 saturated heterocycles. The second-order valence-electron chi connectivity index (χ2n) is 10.1. The van der Waals surface area contributed by atoms with Crippen LogP contribution in [-0.4, -0.2) is 45.2 Å². The van der Waals surface area contributed by atoms with Crippen LogP contribution in [0.1, 0.15) is 54.0 Å². The maximum Gasteiger partial charge on any atom is 0.343 e. The van der Waals surface area contributed by atoms with Gasteiger partial charge in [0.15, 0.2) is 5.60 Å². The zero-order valence-corrected chi connectivity index (χ0v) is 20.2. The first kappa shape index (κ1) is 22.4. The van der Waals surface area contributed by atoms with Gasteiger partial charge in [0.05, 0.1) is 29.0 Å². The summed E-state index contributed by atoms with van der Waals surface area (Å²) in [7, 11) is 2.13. The van der Waals surface area contributed by atoms with Crippen molar-refractivity contribution in [2.45, 2.75) is 64.3 Å². The van der Waals surface area contributed by atoms with Gasteiger partial charge in [-0.2, -0.15) is 0 Å². The van der Waals surface area contributed by atoms with E-state index in [1.54, 1.807) is 24.5 Å². The van der Waals surface area contributed by atoms with E-state index in [1.165, 1.54) is 18.9 Å². The largest absolute Gasteiger partial charge is 0.458 e. The van der Waals surface area contributed by atoms with E-state index in [1.807, 2.05) is 6.07 Å². The Labute approximate surface area is 202 Å². The number of halogens is 1. The number of ether oxygens (including phenoxy) is 1. The van der Waals surface area contributed by atoms with E-state index in [-0.39, 0.29) is 30.0 Å². The predicted molar refractivity (Wildman–Crippen MR) is 129 cm³/mol. The molecule has 0 unspecified atom stereocenters. The molecular formula is C27H28FN3O4. The van der Waals surface area contributed by atoms with Crippen LogP contribution in [0.25, 0.3) is 22.3 Å². The molecule has 182 valence electrons. The van der Waals surface area contributed by atoms with E-state index in [9.17, 15) is 19.1 Å². The number of hydrogen-bond donors (Lipinski definition) is 1. The average Bonchev–Trinajstić information content (AvgIpc) is 3.63. The number of likely N-dealkylation sites (N-methyl/N-ethyl adjacent to an activating group) is 1. The zero-order chi connectivity index (χ0) is 24.6. The van der Waals surface area contributed by atoms with Gasteiger partial charge in [0, 0.05) is 35.2 Å². The van der Waals surface area contributed by atoms with Crippen molar-refractivity contribution in [1.29, 1.82) is 0 Å². The lowest BCUT2D eigenvalue weighted by Crippen LogP contribution is -2.44. The van der Waals surface area contributed by atoms with Gasteiger partial charge in [-0.1, -0.05) is 6.92 Å². The summed E-state index contributed by atoms with van der Waals surface area (Å²) in [5, 5.41) is 12.0. The number of pyridine rings is 2. The summed E-state index contributed by atoms with van der Waals surface area (Å²) in [6, 6.07) is 5.63.